The second-order valence-electron chi connectivity index (χ2n) is 5.66. The van der Waals surface area contributed by atoms with Gasteiger partial charge in [-0.2, -0.15) is 22.0 Å². The number of thiazole rings is 1. The van der Waals surface area contributed by atoms with Crippen molar-refractivity contribution in [2.45, 2.75) is 12.8 Å². The molecule has 3 aromatic rings. The normalized spacial score (nSPS) is 11.4. The maximum atomic E-state index is 12.5. The Kier molecular flexibility index (Phi) is 6.45. The number of hydrogen-bond acceptors (Lipinski definition) is 6. The molecule has 0 saturated carbocycles. The summed E-state index contributed by atoms with van der Waals surface area (Å²) in [5.74, 6) is -0.951. The first kappa shape index (κ1) is 21.4. The lowest BCUT2D eigenvalue weighted by atomic mass is 10.1. The molecule has 158 valence electrons. The Hall–Kier alpha value is -3.28. The number of hydrogen-bond donors (Lipinski definition) is 1. The second kappa shape index (κ2) is 9.03. The Morgan fingerprint density at radius 1 is 1.17 bits per heavy atom. The summed E-state index contributed by atoms with van der Waals surface area (Å²) in [7, 11) is 0. The number of ether oxygens (including phenoxy) is 2. The van der Waals surface area contributed by atoms with Gasteiger partial charge in [0.25, 0.3) is 5.91 Å². The molecule has 0 saturated heterocycles. The first-order valence-electron chi connectivity index (χ1n) is 8.18. The standard InChI is InChI=1S/C18H12F5N3O3S/c19-16(20)29-13-4-2-1-3-11(13)12-8-30-17(25-12)26-15(27)10-5-6-14(24-7-10)28-9-18(21,22)23/h1-8,16H,9H2,(H,25,26,27). The predicted molar refractivity (Wildman–Crippen MR) is 97.9 cm³/mol. The van der Waals surface area contributed by atoms with Crippen molar-refractivity contribution in [1.82, 2.24) is 9.97 Å². The van der Waals surface area contributed by atoms with Crippen LogP contribution in [0.25, 0.3) is 11.3 Å². The van der Waals surface area contributed by atoms with Gasteiger partial charge in [-0.25, -0.2) is 9.97 Å². The molecule has 0 aliphatic carbocycles. The Bertz CT molecular complexity index is 1010. The third kappa shape index (κ3) is 5.86. The highest BCUT2D eigenvalue weighted by Crippen LogP contribution is 2.33. The molecular weight excluding hydrogens is 433 g/mol. The SMILES string of the molecule is O=C(Nc1nc(-c2ccccc2OC(F)F)cs1)c1ccc(OCC(F)(F)F)nc1. The smallest absolute Gasteiger partial charge is 0.422 e. The van der Waals surface area contributed by atoms with Crippen LogP contribution >= 0.6 is 11.3 Å². The molecule has 0 aliphatic heterocycles. The molecule has 1 amide bonds. The molecule has 0 fully saturated rings. The number of anilines is 1. The van der Waals surface area contributed by atoms with Crippen LogP contribution in [0.5, 0.6) is 11.6 Å². The number of nitrogens with one attached hydrogen (secondary N) is 1. The zero-order valence-electron chi connectivity index (χ0n) is 14.8. The van der Waals surface area contributed by atoms with E-state index in [1.807, 2.05) is 0 Å². The first-order chi connectivity index (χ1) is 14.2. The van der Waals surface area contributed by atoms with E-state index < -0.39 is 25.3 Å². The van der Waals surface area contributed by atoms with Gasteiger partial charge in [-0.1, -0.05) is 12.1 Å². The number of pyridine rings is 1. The lowest BCUT2D eigenvalue weighted by molar-refractivity contribution is -0.154. The van der Waals surface area contributed by atoms with Crippen LogP contribution in [0.3, 0.4) is 0 Å². The van der Waals surface area contributed by atoms with Crippen molar-refractivity contribution in [3.8, 4) is 22.9 Å². The number of para-hydroxylation sites is 1. The minimum atomic E-state index is -4.50. The number of carbonyl (C=O) groups excluding carboxylic acids is 1. The molecule has 2 heterocycles. The molecule has 0 radical (unpaired) electrons. The van der Waals surface area contributed by atoms with Crippen LogP contribution in [0.15, 0.2) is 48.0 Å². The fraction of sp³-hybridized carbons (Fsp3) is 0.167. The summed E-state index contributed by atoms with van der Waals surface area (Å²) in [4.78, 5) is 20.1. The molecule has 0 unspecified atom stereocenters. The Morgan fingerprint density at radius 2 is 1.93 bits per heavy atom. The number of alkyl halides is 5. The maximum absolute atomic E-state index is 12.5. The second-order valence-corrected chi connectivity index (χ2v) is 6.51. The lowest BCUT2D eigenvalue weighted by Gasteiger charge is -2.09. The molecule has 0 atom stereocenters. The number of nitrogens with zero attached hydrogens (tertiary/aromatic N) is 2. The van der Waals surface area contributed by atoms with E-state index in [1.165, 1.54) is 18.2 Å². The van der Waals surface area contributed by atoms with Gasteiger partial charge < -0.3 is 9.47 Å². The maximum Gasteiger partial charge on any atom is 0.422 e. The average molecular weight is 445 g/mol. The molecular formula is C18H12F5N3O3S. The molecule has 1 aromatic carbocycles. The summed E-state index contributed by atoms with van der Waals surface area (Å²) in [6.45, 7) is -4.50. The molecule has 3 rings (SSSR count). The van der Waals surface area contributed by atoms with Crippen molar-refractivity contribution >= 4 is 22.4 Å². The average Bonchev–Trinajstić information content (AvgIpc) is 3.14. The minimum absolute atomic E-state index is 0.0608. The van der Waals surface area contributed by atoms with Crippen LogP contribution in [0.4, 0.5) is 27.1 Å². The quantitative estimate of drug-likeness (QED) is 0.518. The number of benzene rings is 1. The van der Waals surface area contributed by atoms with E-state index >= 15 is 0 Å². The van der Waals surface area contributed by atoms with Crippen molar-refractivity contribution in [1.29, 1.82) is 0 Å². The van der Waals surface area contributed by atoms with E-state index in [0.29, 0.717) is 11.3 Å². The summed E-state index contributed by atoms with van der Waals surface area (Å²) in [6.07, 6.45) is -3.44. The van der Waals surface area contributed by atoms with E-state index in [1.54, 1.807) is 17.5 Å². The summed E-state index contributed by atoms with van der Waals surface area (Å²) < 4.78 is 70.4. The van der Waals surface area contributed by atoms with E-state index in [0.717, 1.165) is 23.6 Å². The summed E-state index contributed by atoms with van der Waals surface area (Å²) in [6, 6.07) is 8.44. The number of aromatic nitrogens is 2. The third-order valence-corrected chi connectivity index (χ3v) is 4.24. The van der Waals surface area contributed by atoms with Crippen molar-refractivity contribution in [3.63, 3.8) is 0 Å². The highest BCUT2D eigenvalue weighted by molar-refractivity contribution is 7.14. The van der Waals surface area contributed by atoms with Gasteiger partial charge in [-0.05, 0) is 18.2 Å². The molecule has 2 aromatic heterocycles. The predicted octanol–water partition coefficient (Wildman–Crippen LogP) is 5.00. The molecule has 6 nitrogen and oxygen atoms in total. The zero-order valence-corrected chi connectivity index (χ0v) is 15.6. The fourth-order valence-corrected chi connectivity index (χ4v) is 2.96. The third-order valence-electron chi connectivity index (χ3n) is 3.49. The number of amides is 1. The molecule has 30 heavy (non-hydrogen) atoms. The molecule has 0 aliphatic rings. The van der Waals surface area contributed by atoms with Gasteiger partial charge >= 0.3 is 12.8 Å². The van der Waals surface area contributed by atoms with E-state index in [9.17, 15) is 26.7 Å². The lowest BCUT2D eigenvalue weighted by Crippen LogP contribution is -2.19. The van der Waals surface area contributed by atoms with Crippen LogP contribution in [-0.4, -0.2) is 35.3 Å². The summed E-state index contributed by atoms with van der Waals surface area (Å²) in [5, 5.41) is 4.23. The van der Waals surface area contributed by atoms with E-state index in [4.69, 9.17) is 0 Å². The van der Waals surface area contributed by atoms with E-state index in [-0.39, 0.29) is 22.3 Å². The van der Waals surface area contributed by atoms with Crippen molar-refractivity contribution < 1.29 is 36.2 Å². The molecule has 1 N–H and O–H groups in total. The van der Waals surface area contributed by atoms with Crippen LogP contribution < -0.4 is 14.8 Å². The van der Waals surface area contributed by atoms with Crippen molar-refractivity contribution in [3.05, 3.63) is 53.5 Å². The molecule has 0 spiro atoms. The van der Waals surface area contributed by atoms with Crippen LogP contribution in [-0.2, 0) is 0 Å². The van der Waals surface area contributed by atoms with Crippen molar-refractivity contribution in [2.75, 3.05) is 11.9 Å². The molecule has 12 heteroatoms. The van der Waals surface area contributed by atoms with Gasteiger partial charge in [0.2, 0.25) is 5.88 Å². The van der Waals surface area contributed by atoms with Crippen LogP contribution in [0, 0.1) is 0 Å². The van der Waals surface area contributed by atoms with Gasteiger partial charge in [0.15, 0.2) is 11.7 Å². The Labute approximate surface area is 170 Å². The van der Waals surface area contributed by atoms with Gasteiger partial charge in [-0.15, -0.1) is 11.3 Å². The topological polar surface area (TPSA) is 73.3 Å². The highest BCUT2D eigenvalue weighted by Gasteiger charge is 2.28. The number of halogens is 5. The van der Waals surface area contributed by atoms with Crippen LogP contribution in [0.1, 0.15) is 10.4 Å². The fourth-order valence-electron chi connectivity index (χ4n) is 2.26. The first-order valence-corrected chi connectivity index (χ1v) is 9.06. The van der Waals surface area contributed by atoms with Gasteiger partial charge in [0.1, 0.15) is 5.75 Å². The minimum Gasteiger partial charge on any atom is -0.468 e. The number of carbonyl (C=O) groups is 1. The summed E-state index contributed by atoms with van der Waals surface area (Å²) in [5.41, 5.74) is 0.704. The van der Waals surface area contributed by atoms with Gasteiger partial charge in [-0.3, -0.25) is 10.1 Å². The Balaban J connectivity index is 1.67. The van der Waals surface area contributed by atoms with Crippen LogP contribution in [0.2, 0.25) is 0 Å². The Morgan fingerprint density at radius 3 is 2.60 bits per heavy atom. The number of rotatable bonds is 7. The zero-order chi connectivity index (χ0) is 21.7. The summed E-state index contributed by atoms with van der Waals surface area (Å²) >= 11 is 1.05. The van der Waals surface area contributed by atoms with Gasteiger partial charge in [0, 0.05) is 23.2 Å². The largest absolute Gasteiger partial charge is 0.468 e. The van der Waals surface area contributed by atoms with E-state index in [2.05, 4.69) is 24.8 Å². The monoisotopic (exact) mass is 445 g/mol. The highest BCUT2D eigenvalue weighted by atomic mass is 32.1. The molecule has 0 bridgehead atoms. The van der Waals surface area contributed by atoms with Crippen molar-refractivity contribution in [2.24, 2.45) is 0 Å². The van der Waals surface area contributed by atoms with Gasteiger partial charge in [0.05, 0.1) is 11.3 Å².